The molecule has 0 aliphatic carbocycles. The van der Waals surface area contributed by atoms with E-state index in [2.05, 4.69) is 55.6 Å². The minimum atomic E-state index is -1.16. The second kappa shape index (κ2) is 62.1. The maximum Gasteiger partial charge on any atom is 0.220 e. The number of hydrogen-bond donors (Lipinski definition) is 4. The van der Waals surface area contributed by atoms with Gasteiger partial charge < -0.3 is 20.6 Å². The highest BCUT2D eigenvalue weighted by Gasteiger charge is 2.26. The average Bonchev–Trinajstić information content (AvgIpc) is 3.39. The first-order valence-electron chi connectivity index (χ1n) is 32.8. The number of amides is 1. The number of carbonyl (C=O) groups excluding carboxylic acids is 1. The molecule has 426 valence electrons. The molecule has 0 aromatic carbocycles. The number of hydrogen-bond acceptors (Lipinski definition) is 4. The molecule has 0 rings (SSSR count). The van der Waals surface area contributed by atoms with Crippen molar-refractivity contribution in [1.29, 1.82) is 0 Å². The van der Waals surface area contributed by atoms with Gasteiger partial charge in [0.2, 0.25) is 5.91 Å². The molecule has 0 saturated heterocycles. The van der Waals surface area contributed by atoms with Crippen LogP contribution in [0.15, 0.2) is 36.5 Å². The average molecular weight is 1010 g/mol. The lowest BCUT2D eigenvalue weighted by Gasteiger charge is -2.26. The van der Waals surface area contributed by atoms with Gasteiger partial charge in [-0.3, -0.25) is 4.79 Å². The first-order chi connectivity index (χ1) is 35.6. The van der Waals surface area contributed by atoms with E-state index in [0.717, 1.165) is 44.9 Å². The number of aliphatic hydroxyl groups is 3. The van der Waals surface area contributed by atoms with Crippen LogP contribution >= 0.6 is 0 Å². The first-order valence-corrected chi connectivity index (χ1v) is 32.8. The molecule has 5 heteroatoms. The molecule has 0 radical (unpaired) electrons. The van der Waals surface area contributed by atoms with Crippen LogP contribution < -0.4 is 5.32 Å². The summed E-state index contributed by atoms with van der Waals surface area (Å²) in [6.07, 6.45) is 82.1. The molecule has 0 fully saturated rings. The monoisotopic (exact) mass is 1010 g/mol. The van der Waals surface area contributed by atoms with E-state index in [4.69, 9.17) is 0 Å². The Labute approximate surface area is 451 Å². The Kier molecular flexibility index (Phi) is 60.9. The molecule has 0 spiro atoms. The van der Waals surface area contributed by atoms with E-state index in [1.807, 2.05) is 0 Å². The van der Waals surface area contributed by atoms with Crippen LogP contribution in [-0.4, -0.2) is 46.1 Å². The predicted molar refractivity (Wildman–Crippen MR) is 319 cm³/mol. The van der Waals surface area contributed by atoms with Gasteiger partial charge in [0.05, 0.1) is 18.8 Å². The van der Waals surface area contributed by atoms with Crippen LogP contribution in [0.1, 0.15) is 361 Å². The van der Waals surface area contributed by atoms with Crippen LogP contribution in [0.25, 0.3) is 0 Å². The van der Waals surface area contributed by atoms with Crippen molar-refractivity contribution in [3.63, 3.8) is 0 Å². The summed E-state index contributed by atoms with van der Waals surface area (Å²) < 4.78 is 0. The third kappa shape index (κ3) is 56.3. The topological polar surface area (TPSA) is 89.8 Å². The number of rotatable bonds is 61. The lowest BCUT2D eigenvalue weighted by Crippen LogP contribution is -2.50. The van der Waals surface area contributed by atoms with Gasteiger partial charge in [0.1, 0.15) is 6.10 Å². The van der Waals surface area contributed by atoms with Crippen LogP contribution in [0.3, 0.4) is 0 Å². The Hall–Kier alpha value is -1.43. The second-order valence-electron chi connectivity index (χ2n) is 22.7. The molecule has 1 amide bonds. The van der Waals surface area contributed by atoms with E-state index in [0.29, 0.717) is 12.8 Å². The summed E-state index contributed by atoms with van der Waals surface area (Å²) >= 11 is 0. The van der Waals surface area contributed by atoms with Gasteiger partial charge >= 0.3 is 0 Å². The molecule has 3 atom stereocenters. The molecule has 0 saturated carbocycles. The second-order valence-corrected chi connectivity index (χ2v) is 22.7. The summed E-state index contributed by atoms with van der Waals surface area (Å²) in [5, 5.41) is 33.8. The van der Waals surface area contributed by atoms with Crippen molar-refractivity contribution >= 4 is 5.91 Å². The van der Waals surface area contributed by atoms with Gasteiger partial charge in [-0.15, -0.1) is 0 Å². The molecule has 5 nitrogen and oxygen atoms in total. The smallest absolute Gasteiger partial charge is 0.220 e. The van der Waals surface area contributed by atoms with Crippen LogP contribution in [0, 0.1) is 0 Å². The van der Waals surface area contributed by atoms with Gasteiger partial charge in [0, 0.05) is 6.42 Å². The Bertz CT molecular complexity index is 1120. The zero-order valence-electron chi connectivity index (χ0n) is 48.8. The van der Waals surface area contributed by atoms with Crippen molar-refractivity contribution in [3.05, 3.63) is 36.5 Å². The van der Waals surface area contributed by atoms with Crippen molar-refractivity contribution in [2.45, 2.75) is 379 Å². The molecule has 0 bridgehead atoms. The summed E-state index contributed by atoms with van der Waals surface area (Å²) in [5.41, 5.74) is 0. The Morgan fingerprint density at radius 3 is 0.889 bits per heavy atom. The zero-order valence-corrected chi connectivity index (χ0v) is 48.8. The van der Waals surface area contributed by atoms with E-state index in [1.54, 1.807) is 0 Å². The number of allylic oxidation sites excluding steroid dienone is 6. The van der Waals surface area contributed by atoms with E-state index >= 15 is 0 Å². The van der Waals surface area contributed by atoms with Gasteiger partial charge in [0.25, 0.3) is 0 Å². The van der Waals surface area contributed by atoms with Crippen LogP contribution in [0.5, 0.6) is 0 Å². The van der Waals surface area contributed by atoms with Gasteiger partial charge in [-0.05, 0) is 70.6 Å². The maximum absolute atomic E-state index is 12.5. The van der Waals surface area contributed by atoms with E-state index in [1.165, 1.54) is 289 Å². The predicted octanol–water partition coefficient (Wildman–Crippen LogP) is 21.0. The van der Waals surface area contributed by atoms with Crippen molar-refractivity contribution in [1.82, 2.24) is 5.32 Å². The van der Waals surface area contributed by atoms with Gasteiger partial charge in [-0.1, -0.05) is 320 Å². The number of carbonyl (C=O) groups is 1. The fourth-order valence-corrected chi connectivity index (χ4v) is 10.4. The molecule has 0 aliphatic rings. The van der Waals surface area contributed by atoms with Crippen LogP contribution in [-0.2, 0) is 4.79 Å². The lowest BCUT2D eigenvalue weighted by molar-refractivity contribution is -0.124. The Morgan fingerprint density at radius 1 is 0.347 bits per heavy atom. The zero-order chi connectivity index (χ0) is 52.2. The fourth-order valence-electron chi connectivity index (χ4n) is 10.4. The van der Waals surface area contributed by atoms with Crippen molar-refractivity contribution in [2.24, 2.45) is 0 Å². The molecule has 3 unspecified atom stereocenters. The molecule has 0 aliphatic heterocycles. The third-order valence-electron chi connectivity index (χ3n) is 15.5. The normalized spacial score (nSPS) is 13.3. The fraction of sp³-hybridized carbons (Fsp3) is 0.896. The summed E-state index contributed by atoms with van der Waals surface area (Å²) in [7, 11) is 0. The van der Waals surface area contributed by atoms with Crippen LogP contribution in [0.4, 0.5) is 0 Å². The highest BCUT2D eigenvalue weighted by atomic mass is 16.3. The molecule has 72 heavy (non-hydrogen) atoms. The van der Waals surface area contributed by atoms with E-state index in [-0.39, 0.29) is 12.5 Å². The maximum atomic E-state index is 12.5. The standard InChI is InChI=1S/C67H129NO4/c1-3-5-7-9-11-13-15-17-19-21-23-24-25-26-27-28-29-30-31-32-33-34-35-36-37-38-39-40-41-42-44-46-48-50-52-54-56-58-60-62-66(71)68-64(63-69)67(72)65(70)61-59-57-55-53-51-49-47-45-43-22-20-18-16-14-12-10-8-6-4-2/h29-30,32-33,53,55,64-65,67,69-70,72H,3-28,31,34-52,54,56-63H2,1-2H3,(H,68,71)/b30-29-,33-32-,55-53+. The largest absolute Gasteiger partial charge is 0.394 e. The summed E-state index contributed by atoms with van der Waals surface area (Å²) in [5.74, 6) is -0.149. The van der Waals surface area contributed by atoms with Gasteiger partial charge in [-0.25, -0.2) is 0 Å². The molecule has 0 heterocycles. The molecule has 4 N–H and O–H groups in total. The van der Waals surface area contributed by atoms with E-state index in [9.17, 15) is 20.1 Å². The van der Waals surface area contributed by atoms with Crippen molar-refractivity contribution in [3.8, 4) is 0 Å². The highest BCUT2D eigenvalue weighted by molar-refractivity contribution is 5.76. The SMILES string of the molecule is CCCCCCCCCCCCCCCC/C=C/CCCC(O)C(O)C(CO)NC(=O)CCCCCCCCCCCCCCCCCCC/C=C\C/C=C\CCCCCCCCCCCCCCCCC. The molecular weight excluding hydrogens is 883 g/mol. The minimum Gasteiger partial charge on any atom is -0.394 e. The number of nitrogens with one attached hydrogen (secondary N) is 1. The Morgan fingerprint density at radius 2 is 0.597 bits per heavy atom. The first kappa shape index (κ1) is 70.6. The highest BCUT2D eigenvalue weighted by Crippen LogP contribution is 2.18. The quantitative estimate of drug-likeness (QED) is 0.0361. The van der Waals surface area contributed by atoms with Crippen molar-refractivity contribution in [2.75, 3.05) is 6.61 Å². The summed E-state index contributed by atoms with van der Waals surface area (Å²) in [4.78, 5) is 12.5. The lowest BCUT2D eigenvalue weighted by atomic mass is 10.0. The van der Waals surface area contributed by atoms with Crippen LogP contribution in [0.2, 0.25) is 0 Å². The molecule has 0 aromatic heterocycles. The molecular formula is C67H129NO4. The van der Waals surface area contributed by atoms with Gasteiger partial charge in [-0.2, -0.15) is 0 Å². The number of aliphatic hydroxyl groups excluding tert-OH is 3. The Balaban J connectivity index is 3.48. The van der Waals surface area contributed by atoms with Crippen molar-refractivity contribution < 1.29 is 20.1 Å². The summed E-state index contributed by atoms with van der Waals surface area (Å²) in [6.45, 7) is 4.21. The third-order valence-corrected chi connectivity index (χ3v) is 15.5. The minimum absolute atomic E-state index is 0.149. The van der Waals surface area contributed by atoms with Gasteiger partial charge in [0.15, 0.2) is 0 Å². The van der Waals surface area contributed by atoms with E-state index < -0.39 is 18.2 Å². The summed E-state index contributed by atoms with van der Waals surface area (Å²) in [6, 6.07) is -0.826. The molecule has 0 aromatic rings. The number of unbranched alkanes of at least 4 members (excludes halogenated alkanes) is 47.